The topological polar surface area (TPSA) is 51.1 Å². The van der Waals surface area contributed by atoms with E-state index in [0.717, 1.165) is 5.56 Å². The highest BCUT2D eigenvalue weighted by molar-refractivity contribution is 6.31. The molecule has 0 aliphatic carbocycles. The monoisotopic (exact) mass is 358 g/mol. The molecule has 0 spiro atoms. The van der Waals surface area contributed by atoms with Crippen LogP contribution in [0.1, 0.15) is 18.5 Å². The van der Waals surface area contributed by atoms with E-state index >= 15 is 0 Å². The van der Waals surface area contributed by atoms with Gasteiger partial charge in [-0.1, -0.05) is 23.7 Å². The number of benzene rings is 2. The number of rotatable bonds is 4. The minimum absolute atomic E-state index is 0.0443. The van der Waals surface area contributed by atoms with Gasteiger partial charge in [-0.3, -0.25) is 9.59 Å². The van der Waals surface area contributed by atoms with Crippen LogP contribution < -0.4 is 10.7 Å². The van der Waals surface area contributed by atoms with Crippen LogP contribution in [-0.2, 0) is 11.3 Å². The highest BCUT2D eigenvalue weighted by Gasteiger charge is 2.12. The lowest BCUT2D eigenvalue weighted by atomic mass is 10.1. The lowest BCUT2D eigenvalue weighted by molar-refractivity contribution is -0.122. The Morgan fingerprint density at radius 1 is 1.20 bits per heavy atom. The summed E-state index contributed by atoms with van der Waals surface area (Å²) in [6, 6.07) is 12.1. The Kier molecular flexibility index (Phi) is 4.86. The zero-order valence-electron chi connectivity index (χ0n) is 13.5. The second kappa shape index (κ2) is 7.07. The molecule has 0 radical (unpaired) electrons. The minimum Gasteiger partial charge on any atom is -0.348 e. The lowest BCUT2D eigenvalue weighted by Crippen LogP contribution is -2.30. The summed E-state index contributed by atoms with van der Waals surface area (Å²) in [6.45, 7) is 1.87. The fourth-order valence-electron chi connectivity index (χ4n) is 2.69. The molecule has 0 saturated carbocycles. The van der Waals surface area contributed by atoms with Gasteiger partial charge in [0.25, 0.3) is 0 Å². The fraction of sp³-hybridized carbons (Fsp3) is 0.158. The number of pyridine rings is 1. The Morgan fingerprint density at radius 2 is 1.92 bits per heavy atom. The Balaban J connectivity index is 1.80. The number of amides is 1. The molecule has 3 rings (SSSR count). The Hall–Kier alpha value is -2.66. The van der Waals surface area contributed by atoms with E-state index in [4.69, 9.17) is 11.6 Å². The van der Waals surface area contributed by atoms with E-state index in [2.05, 4.69) is 5.32 Å². The molecule has 1 aromatic heterocycles. The van der Waals surface area contributed by atoms with Crippen molar-refractivity contribution in [3.05, 3.63) is 81.4 Å². The van der Waals surface area contributed by atoms with Gasteiger partial charge in [0, 0.05) is 22.7 Å². The molecule has 0 unspecified atom stereocenters. The molecule has 0 aliphatic heterocycles. The van der Waals surface area contributed by atoms with Crippen LogP contribution in [0.25, 0.3) is 10.9 Å². The molecule has 1 amide bonds. The van der Waals surface area contributed by atoms with Crippen molar-refractivity contribution in [3.8, 4) is 0 Å². The van der Waals surface area contributed by atoms with Gasteiger partial charge in [0.05, 0.1) is 11.6 Å². The molecule has 1 atom stereocenters. The second-order valence-electron chi connectivity index (χ2n) is 5.81. The van der Waals surface area contributed by atoms with Crippen molar-refractivity contribution in [2.45, 2.75) is 19.5 Å². The number of hydrogen-bond donors (Lipinski definition) is 1. The molecular weight excluding hydrogens is 343 g/mol. The van der Waals surface area contributed by atoms with Gasteiger partial charge in [0.2, 0.25) is 5.91 Å². The van der Waals surface area contributed by atoms with E-state index in [9.17, 15) is 14.0 Å². The molecular formula is C19H16ClFN2O2. The number of carbonyl (C=O) groups excluding carboxylic acids is 1. The molecule has 1 N–H and O–H groups in total. The standard InChI is InChI=1S/C19H16ClFN2O2/c1-12(13-2-5-15(21)6-3-13)22-19(25)11-23-9-8-18(24)16-7-4-14(20)10-17(16)23/h2-10,12H,11H2,1H3,(H,22,25)/t12-/m0/s1. The molecule has 6 heteroatoms. The molecule has 0 saturated heterocycles. The number of carbonyl (C=O) groups is 1. The number of nitrogens with one attached hydrogen (secondary N) is 1. The van der Waals surface area contributed by atoms with Crippen LogP contribution in [0.2, 0.25) is 5.02 Å². The molecule has 0 fully saturated rings. The van der Waals surface area contributed by atoms with E-state index < -0.39 is 0 Å². The van der Waals surface area contributed by atoms with E-state index in [1.54, 1.807) is 41.1 Å². The highest BCUT2D eigenvalue weighted by Crippen LogP contribution is 2.17. The first-order valence-electron chi connectivity index (χ1n) is 7.77. The normalized spacial score (nSPS) is 12.1. The molecule has 4 nitrogen and oxygen atoms in total. The van der Waals surface area contributed by atoms with Crippen LogP contribution in [0.5, 0.6) is 0 Å². The number of fused-ring (bicyclic) bond motifs is 1. The van der Waals surface area contributed by atoms with Gasteiger partial charge >= 0.3 is 0 Å². The molecule has 25 heavy (non-hydrogen) atoms. The quantitative estimate of drug-likeness (QED) is 0.773. The molecule has 0 bridgehead atoms. The van der Waals surface area contributed by atoms with E-state index in [1.165, 1.54) is 18.2 Å². The van der Waals surface area contributed by atoms with Crippen LogP contribution in [0.15, 0.2) is 59.5 Å². The first kappa shape index (κ1) is 17.2. The van der Waals surface area contributed by atoms with Crippen LogP contribution in [0, 0.1) is 5.82 Å². The van der Waals surface area contributed by atoms with Gasteiger partial charge in [-0.15, -0.1) is 0 Å². The largest absolute Gasteiger partial charge is 0.348 e. The summed E-state index contributed by atoms with van der Waals surface area (Å²) in [4.78, 5) is 24.3. The number of aromatic nitrogens is 1. The first-order valence-corrected chi connectivity index (χ1v) is 8.15. The van der Waals surface area contributed by atoms with Gasteiger partial charge < -0.3 is 9.88 Å². The van der Waals surface area contributed by atoms with Crippen molar-refractivity contribution < 1.29 is 9.18 Å². The maximum Gasteiger partial charge on any atom is 0.240 e. The third-order valence-corrected chi connectivity index (χ3v) is 4.24. The molecule has 2 aromatic carbocycles. The molecule has 1 heterocycles. The SMILES string of the molecule is C[C@H](NC(=O)Cn1ccc(=O)c2ccc(Cl)cc21)c1ccc(F)cc1. The highest BCUT2D eigenvalue weighted by atomic mass is 35.5. The van der Waals surface area contributed by atoms with E-state index in [1.807, 2.05) is 6.92 Å². The number of halogens is 2. The van der Waals surface area contributed by atoms with Gasteiger partial charge in [-0.05, 0) is 42.8 Å². The molecule has 3 aromatic rings. The molecule has 0 aliphatic rings. The van der Waals surface area contributed by atoms with Gasteiger partial charge in [-0.25, -0.2) is 4.39 Å². The predicted octanol–water partition coefficient (Wildman–Crippen LogP) is 3.67. The minimum atomic E-state index is -0.320. The lowest BCUT2D eigenvalue weighted by Gasteiger charge is -2.16. The van der Waals surface area contributed by atoms with Gasteiger partial charge in [0.1, 0.15) is 12.4 Å². The maximum atomic E-state index is 13.0. The van der Waals surface area contributed by atoms with Crippen LogP contribution in [0.3, 0.4) is 0 Å². The van der Waals surface area contributed by atoms with E-state index in [-0.39, 0.29) is 29.7 Å². The second-order valence-corrected chi connectivity index (χ2v) is 6.25. The average Bonchev–Trinajstić information content (AvgIpc) is 2.58. The smallest absolute Gasteiger partial charge is 0.240 e. The van der Waals surface area contributed by atoms with Crippen LogP contribution in [-0.4, -0.2) is 10.5 Å². The predicted molar refractivity (Wildman–Crippen MR) is 96.2 cm³/mol. The summed E-state index contributed by atoms with van der Waals surface area (Å²) in [5.41, 5.74) is 1.29. The van der Waals surface area contributed by atoms with E-state index in [0.29, 0.717) is 15.9 Å². The number of nitrogens with zero attached hydrogens (tertiary/aromatic N) is 1. The maximum absolute atomic E-state index is 13.0. The zero-order chi connectivity index (χ0) is 18.0. The van der Waals surface area contributed by atoms with Crippen molar-refractivity contribution >= 4 is 28.4 Å². The summed E-state index contributed by atoms with van der Waals surface area (Å²) in [5.74, 6) is -0.541. The number of hydrogen-bond acceptors (Lipinski definition) is 2. The van der Waals surface area contributed by atoms with Crippen molar-refractivity contribution in [2.75, 3.05) is 0 Å². The van der Waals surface area contributed by atoms with Gasteiger partial charge in [-0.2, -0.15) is 0 Å². The van der Waals surface area contributed by atoms with Crippen molar-refractivity contribution in [2.24, 2.45) is 0 Å². The summed E-state index contributed by atoms with van der Waals surface area (Å²) in [5, 5.41) is 3.86. The van der Waals surface area contributed by atoms with Crippen molar-refractivity contribution in [1.82, 2.24) is 9.88 Å². The average molecular weight is 359 g/mol. The van der Waals surface area contributed by atoms with Crippen molar-refractivity contribution in [3.63, 3.8) is 0 Å². The Morgan fingerprint density at radius 3 is 2.64 bits per heavy atom. The van der Waals surface area contributed by atoms with Crippen LogP contribution in [0.4, 0.5) is 4.39 Å². The summed E-state index contributed by atoms with van der Waals surface area (Å²) >= 11 is 6.01. The fourth-order valence-corrected chi connectivity index (χ4v) is 2.86. The van der Waals surface area contributed by atoms with Gasteiger partial charge in [0.15, 0.2) is 5.43 Å². The Labute approximate surface area is 148 Å². The Bertz CT molecular complexity index is 983. The first-order chi connectivity index (χ1) is 11.9. The van der Waals surface area contributed by atoms with Crippen LogP contribution >= 0.6 is 11.6 Å². The third-order valence-electron chi connectivity index (χ3n) is 4.00. The summed E-state index contributed by atoms with van der Waals surface area (Å²) in [6.07, 6.45) is 1.57. The zero-order valence-corrected chi connectivity index (χ0v) is 14.3. The molecule has 128 valence electrons. The van der Waals surface area contributed by atoms with Crippen molar-refractivity contribution in [1.29, 1.82) is 0 Å². The summed E-state index contributed by atoms with van der Waals surface area (Å²) < 4.78 is 14.7. The third kappa shape index (κ3) is 3.88. The summed E-state index contributed by atoms with van der Waals surface area (Å²) in [7, 11) is 0.